The molecule has 0 aliphatic heterocycles. The summed E-state index contributed by atoms with van der Waals surface area (Å²) in [5.41, 5.74) is 0. The molecule has 0 bridgehead atoms. The predicted octanol–water partition coefficient (Wildman–Crippen LogP) is 6.59. The standard InChI is InChI=1S/C21H47N2/c1-4-7-10-13-16-19-23(22,20-17-14-11-8-5-2)21-18-15-12-9-6-3/h4-22H2,1-3H3/q+1. The van der Waals surface area contributed by atoms with Crippen LogP contribution in [-0.2, 0) is 0 Å². The van der Waals surface area contributed by atoms with Crippen molar-refractivity contribution in [2.24, 2.45) is 5.84 Å². The Labute approximate surface area is 147 Å². The summed E-state index contributed by atoms with van der Waals surface area (Å²) in [5.74, 6) is 6.78. The third-order valence-electron chi connectivity index (χ3n) is 5.12. The SMILES string of the molecule is CCCCCCC[N+](N)(CCCCCCC)CCCCCCC. The van der Waals surface area contributed by atoms with E-state index in [4.69, 9.17) is 5.84 Å². The first kappa shape index (κ1) is 22.9. The summed E-state index contributed by atoms with van der Waals surface area (Å²) in [4.78, 5) is 0. The summed E-state index contributed by atoms with van der Waals surface area (Å²) in [6.07, 6.45) is 20.4. The molecular formula is C21H47N2+. The van der Waals surface area contributed by atoms with Crippen LogP contribution in [0.1, 0.15) is 117 Å². The van der Waals surface area contributed by atoms with Crippen LogP contribution in [0.5, 0.6) is 0 Å². The molecule has 0 saturated heterocycles. The lowest BCUT2D eigenvalue weighted by Crippen LogP contribution is -2.56. The van der Waals surface area contributed by atoms with Gasteiger partial charge in [0.15, 0.2) is 0 Å². The van der Waals surface area contributed by atoms with Crippen LogP contribution in [-0.4, -0.2) is 24.2 Å². The molecular weight excluding hydrogens is 280 g/mol. The Morgan fingerprint density at radius 2 is 0.696 bits per heavy atom. The average molecular weight is 328 g/mol. The van der Waals surface area contributed by atoms with Gasteiger partial charge in [0.1, 0.15) is 0 Å². The molecule has 0 fully saturated rings. The molecule has 0 aromatic carbocycles. The fraction of sp³-hybridized carbons (Fsp3) is 1.00. The largest absolute Gasteiger partial charge is 0.248 e. The Morgan fingerprint density at radius 1 is 0.435 bits per heavy atom. The van der Waals surface area contributed by atoms with Crippen LogP contribution in [0.15, 0.2) is 0 Å². The second-order valence-corrected chi connectivity index (χ2v) is 7.63. The Kier molecular flexibility index (Phi) is 16.7. The lowest BCUT2D eigenvalue weighted by atomic mass is 10.1. The summed E-state index contributed by atoms with van der Waals surface area (Å²) in [6.45, 7) is 10.5. The molecule has 0 atom stereocenters. The highest BCUT2D eigenvalue weighted by atomic mass is 15.6. The Bertz CT molecular complexity index is 192. The van der Waals surface area contributed by atoms with Crippen LogP contribution in [0.4, 0.5) is 0 Å². The molecule has 2 nitrogen and oxygen atoms in total. The minimum absolute atomic E-state index is 0.852. The van der Waals surface area contributed by atoms with Gasteiger partial charge in [-0.25, -0.2) is 4.59 Å². The lowest BCUT2D eigenvalue weighted by Gasteiger charge is -2.33. The molecule has 0 unspecified atom stereocenters. The van der Waals surface area contributed by atoms with Crippen molar-refractivity contribution >= 4 is 0 Å². The first-order valence-electron chi connectivity index (χ1n) is 10.8. The molecule has 2 N–H and O–H groups in total. The number of hydrogen-bond acceptors (Lipinski definition) is 1. The van der Waals surface area contributed by atoms with E-state index in [0.717, 1.165) is 4.59 Å². The van der Waals surface area contributed by atoms with E-state index in [1.165, 1.54) is 116 Å². The first-order valence-corrected chi connectivity index (χ1v) is 10.8. The van der Waals surface area contributed by atoms with Gasteiger partial charge in [-0.2, -0.15) is 5.84 Å². The molecule has 0 radical (unpaired) electrons. The maximum atomic E-state index is 6.78. The molecule has 0 amide bonds. The fourth-order valence-electron chi connectivity index (χ4n) is 3.43. The number of quaternary nitrogens is 1. The topological polar surface area (TPSA) is 26.0 Å². The van der Waals surface area contributed by atoms with Gasteiger partial charge in [-0.15, -0.1) is 0 Å². The number of unbranched alkanes of at least 4 members (excludes halogenated alkanes) is 12. The highest BCUT2D eigenvalue weighted by Crippen LogP contribution is 2.13. The van der Waals surface area contributed by atoms with Crippen LogP contribution < -0.4 is 5.84 Å². The molecule has 0 aliphatic carbocycles. The zero-order valence-electron chi connectivity index (χ0n) is 16.8. The van der Waals surface area contributed by atoms with Crippen molar-refractivity contribution in [3.8, 4) is 0 Å². The average Bonchev–Trinajstić information content (AvgIpc) is 2.54. The second-order valence-electron chi connectivity index (χ2n) is 7.63. The van der Waals surface area contributed by atoms with E-state index in [-0.39, 0.29) is 0 Å². The maximum Gasteiger partial charge on any atom is 0.0960 e. The van der Waals surface area contributed by atoms with Crippen molar-refractivity contribution in [1.82, 2.24) is 0 Å². The Balaban J connectivity index is 4.00. The van der Waals surface area contributed by atoms with Gasteiger partial charge in [-0.1, -0.05) is 78.6 Å². The van der Waals surface area contributed by atoms with E-state index >= 15 is 0 Å². The minimum Gasteiger partial charge on any atom is -0.248 e. The van der Waals surface area contributed by atoms with Crippen molar-refractivity contribution in [3.63, 3.8) is 0 Å². The van der Waals surface area contributed by atoms with Gasteiger partial charge in [0, 0.05) is 0 Å². The van der Waals surface area contributed by atoms with Crippen LogP contribution in [0.2, 0.25) is 0 Å². The quantitative estimate of drug-likeness (QED) is 0.131. The molecule has 2 heteroatoms. The van der Waals surface area contributed by atoms with Crippen LogP contribution >= 0.6 is 0 Å². The number of rotatable bonds is 18. The minimum atomic E-state index is 0.852. The molecule has 0 spiro atoms. The van der Waals surface area contributed by atoms with E-state index in [2.05, 4.69) is 20.8 Å². The Hall–Kier alpha value is -0.0800. The van der Waals surface area contributed by atoms with E-state index in [1.54, 1.807) is 0 Å². The zero-order valence-corrected chi connectivity index (χ0v) is 16.8. The predicted molar refractivity (Wildman–Crippen MR) is 105 cm³/mol. The van der Waals surface area contributed by atoms with Gasteiger partial charge < -0.3 is 0 Å². The van der Waals surface area contributed by atoms with Crippen molar-refractivity contribution in [2.75, 3.05) is 19.6 Å². The molecule has 23 heavy (non-hydrogen) atoms. The van der Waals surface area contributed by atoms with Crippen molar-refractivity contribution in [3.05, 3.63) is 0 Å². The molecule has 0 saturated carbocycles. The third kappa shape index (κ3) is 15.2. The molecule has 0 aromatic heterocycles. The molecule has 0 rings (SSSR count). The monoisotopic (exact) mass is 327 g/mol. The van der Waals surface area contributed by atoms with Gasteiger partial charge in [0.05, 0.1) is 19.6 Å². The second kappa shape index (κ2) is 16.8. The molecule has 0 aromatic rings. The van der Waals surface area contributed by atoms with Gasteiger partial charge in [-0.05, 0) is 38.5 Å². The van der Waals surface area contributed by atoms with Crippen molar-refractivity contribution in [2.45, 2.75) is 117 Å². The van der Waals surface area contributed by atoms with E-state index in [1.807, 2.05) is 0 Å². The summed E-state index contributed by atoms with van der Waals surface area (Å²) >= 11 is 0. The van der Waals surface area contributed by atoms with E-state index in [0.29, 0.717) is 0 Å². The van der Waals surface area contributed by atoms with Crippen molar-refractivity contribution < 1.29 is 4.59 Å². The van der Waals surface area contributed by atoms with E-state index < -0.39 is 0 Å². The summed E-state index contributed by atoms with van der Waals surface area (Å²) in [7, 11) is 0. The van der Waals surface area contributed by atoms with E-state index in [9.17, 15) is 0 Å². The lowest BCUT2D eigenvalue weighted by molar-refractivity contribution is -0.940. The number of hydrogen-bond donors (Lipinski definition) is 1. The summed E-state index contributed by atoms with van der Waals surface area (Å²) in [6, 6.07) is 0. The molecule has 0 heterocycles. The normalized spacial score (nSPS) is 12.0. The van der Waals surface area contributed by atoms with Crippen molar-refractivity contribution in [1.29, 1.82) is 0 Å². The summed E-state index contributed by atoms with van der Waals surface area (Å²) in [5, 5.41) is 0. The van der Waals surface area contributed by atoms with Gasteiger partial charge in [-0.3, -0.25) is 0 Å². The molecule has 0 aliphatic rings. The van der Waals surface area contributed by atoms with Gasteiger partial charge >= 0.3 is 0 Å². The fourth-order valence-corrected chi connectivity index (χ4v) is 3.43. The third-order valence-corrected chi connectivity index (χ3v) is 5.12. The maximum absolute atomic E-state index is 6.78. The molecule has 140 valence electrons. The van der Waals surface area contributed by atoms with Gasteiger partial charge in [0.2, 0.25) is 0 Å². The van der Waals surface area contributed by atoms with Crippen LogP contribution in [0.3, 0.4) is 0 Å². The zero-order chi connectivity index (χ0) is 17.2. The Morgan fingerprint density at radius 3 is 0.957 bits per heavy atom. The summed E-state index contributed by atoms with van der Waals surface area (Å²) < 4.78 is 0.852. The number of nitrogens with two attached hydrogens (primary N) is 1. The highest BCUT2D eigenvalue weighted by molar-refractivity contribution is 4.49. The van der Waals surface area contributed by atoms with Crippen LogP contribution in [0, 0.1) is 0 Å². The first-order chi connectivity index (χ1) is 11.2. The highest BCUT2D eigenvalue weighted by Gasteiger charge is 2.21. The smallest absolute Gasteiger partial charge is 0.0960 e. The van der Waals surface area contributed by atoms with Gasteiger partial charge in [0.25, 0.3) is 0 Å². The number of nitrogens with zero attached hydrogens (tertiary/aromatic N) is 1. The van der Waals surface area contributed by atoms with Crippen LogP contribution in [0.25, 0.3) is 0 Å².